The Hall–Kier alpha value is -2.16. The van der Waals surface area contributed by atoms with Crippen LogP contribution in [0.5, 0.6) is 0 Å². The Morgan fingerprint density at radius 1 is 1.15 bits per heavy atom. The zero-order valence-corrected chi connectivity index (χ0v) is 16.4. The minimum Gasteiger partial charge on any atom is -0.464 e. The Labute approximate surface area is 165 Å². The van der Waals surface area contributed by atoms with Crippen molar-refractivity contribution >= 4 is 34.7 Å². The molecule has 0 spiro atoms. The Morgan fingerprint density at radius 3 is 2.54 bits per heavy atom. The van der Waals surface area contributed by atoms with Crippen LogP contribution in [0.4, 0.5) is 9.18 Å². The monoisotopic (exact) mass is 471 g/mol. The van der Waals surface area contributed by atoms with Gasteiger partial charge in [-0.25, -0.2) is 14.0 Å². The van der Waals surface area contributed by atoms with Gasteiger partial charge < -0.3 is 14.8 Å². The van der Waals surface area contributed by atoms with Crippen LogP contribution in [0.15, 0.2) is 48.5 Å². The first-order valence-electron chi connectivity index (χ1n) is 8.07. The first kappa shape index (κ1) is 20.2. The molecule has 1 unspecified atom stereocenters. The lowest BCUT2D eigenvalue weighted by molar-refractivity contribution is -0.145. The fourth-order valence-corrected chi connectivity index (χ4v) is 2.70. The first-order chi connectivity index (χ1) is 12.5. The van der Waals surface area contributed by atoms with Gasteiger partial charge in [0.25, 0.3) is 0 Å². The van der Waals surface area contributed by atoms with Gasteiger partial charge in [0, 0.05) is 9.99 Å². The maximum Gasteiger partial charge on any atom is 0.408 e. The fraction of sp³-hybridized carbons (Fsp3) is 0.263. The lowest BCUT2D eigenvalue weighted by atomic mass is 10.1. The van der Waals surface area contributed by atoms with Crippen molar-refractivity contribution in [3.8, 4) is 0 Å². The predicted molar refractivity (Wildman–Crippen MR) is 103 cm³/mol. The van der Waals surface area contributed by atoms with Crippen LogP contribution in [-0.2, 0) is 27.3 Å². The minimum absolute atomic E-state index is 0.0258. The van der Waals surface area contributed by atoms with E-state index in [0.717, 1.165) is 9.13 Å². The normalized spacial score (nSPS) is 11.5. The molecule has 0 radical (unpaired) electrons. The molecule has 138 valence electrons. The van der Waals surface area contributed by atoms with Crippen molar-refractivity contribution in [2.24, 2.45) is 0 Å². The van der Waals surface area contributed by atoms with Gasteiger partial charge in [0.05, 0.1) is 6.61 Å². The maximum atomic E-state index is 14.1. The highest BCUT2D eigenvalue weighted by Gasteiger charge is 2.24. The highest BCUT2D eigenvalue weighted by atomic mass is 127. The molecule has 0 saturated carbocycles. The van der Waals surface area contributed by atoms with Crippen molar-refractivity contribution in [2.75, 3.05) is 6.61 Å². The summed E-state index contributed by atoms with van der Waals surface area (Å²) in [7, 11) is 0. The molecule has 0 fully saturated rings. The second-order valence-corrected chi connectivity index (χ2v) is 6.70. The topological polar surface area (TPSA) is 64.6 Å². The molecule has 1 amide bonds. The highest BCUT2D eigenvalue weighted by Crippen LogP contribution is 2.15. The number of ether oxygens (including phenoxy) is 2. The summed E-state index contributed by atoms with van der Waals surface area (Å²) >= 11 is 2.00. The number of nitrogens with one attached hydrogen (secondary N) is 1. The number of esters is 1. The van der Waals surface area contributed by atoms with Crippen molar-refractivity contribution < 1.29 is 23.5 Å². The van der Waals surface area contributed by atoms with Crippen LogP contribution in [0.1, 0.15) is 18.1 Å². The van der Waals surface area contributed by atoms with E-state index in [1.165, 1.54) is 6.07 Å². The smallest absolute Gasteiger partial charge is 0.408 e. The van der Waals surface area contributed by atoms with Gasteiger partial charge in [0.2, 0.25) is 0 Å². The fourth-order valence-electron chi connectivity index (χ4n) is 2.25. The molecule has 2 rings (SSSR count). The van der Waals surface area contributed by atoms with Crippen LogP contribution in [0.2, 0.25) is 0 Å². The van der Waals surface area contributed by atoms with Gasteiger partial charge >= 0.3 is 12.1 Å². The number of hydrogen-bond donors (Lipinski definition) is 1. The lowest BCUT2D eigenvalue weighted by Gasteiger charge is -2.17. The van der Waals surface area contributed by atoms with E-state index in [2.05, 4.69) is 5.32 Å². The molecule has 0 aromatic heterocycles. The number of amides is 1. The van der Waals surface area contributed by atoms with E-state index in [1.807, 2.05) is 52.9 Å². The van der Waals surface area contributed by atoms with Crippen molar-refractivity contribution in [2.45, 2.75) is 26.0 Å². The molecule has 2 aromatic rings. The number of halogens is 2. The van der Waals surface area contributed by atoms with Crippen LogP contribution in [0.25, 0.3) is 0 Å². The Bertz CT molecular complexity index is 754. The van der Waals surface area contributed by atoms with E-state index in [0.29, 0.717) is 5.56 Å². The van der Waals surface area contributed by atoms with Gasteiger partial charge in [-0.3, -0.25) is 0 Å². The SMILES string of the molecule is CCOC(=O)C(Cc1ccc(I)cc1F)NC(=O)OCc1ccccc1. The third-order valence-corrected chi connectivity index (χ3v) is 4.19. The number of alkyl carbamates (subject to hydrolysis) is 1. The van der Waals surface area contributed by atoms with Crippen LogP contribution in [-0.4, -0.2) is 24.7 Å². The van der Waals surface area contributed by atoms with E-state index < -0.39 is 23.9 Å². The number of hydrogen-bond acceptors (Lipinski definition) is 4. The van der Waals surface area contributed by atoms with E-state index in [1.54, 1.807) is 19.1 Å². The summed E-state index contributed by atoms with van der Waals surface area (Å²) < 4.78 is 24.9. The van der Waals surface area contributed by atoms with E-state index >= 15 is 0 Å². The van der Waals surface area contributed by atoms with Crippen LogP contribution >= 0.6 is 22.6 Å². The summed E-state index contributed by atoms with van der Waals surface area (Å²) in [5.74, 6) is -1.08. The molecule has 0 bridgehead atoms. The van der Waals surface area contributed by atoms with Gasteiger partial charge in [-0.15, -0.1) is 0 Å². The van der Waals surface area contributed by atoms with E-state index in [-0.39, 0.29) is 19.6 Å². The molecular weight excluding hydrogens is 452 g/mol. The summed E-state index contributed by atoms with van der Waals surface area (Å²) in [6.07, 6.45) is -0.792. The van der Waals surface area contributed by atoms with Crippen LogP contribution in [0, 0.1) is 9.39 Å². The average Bonchev–Trinajstić information content (AvgIpc) is 2.62. The molecule has 5 nitrogen and oxygen atoms in total. The molecule has 1 N–H and O–H groups in total. The van der Waals surface area contributed by atoms with Gasteiger partial charge in [0.15, 0.2) is 0 Å². The minimum atomic E-state index is -1.03. The molecule has 26 heavy (non-hydrogen) atoms. The largest absolute Gasteiger partial charge is 0.464 e. The number of benzene rings is 2. The number of rotatable bonds is 7. The van der Waals surface area contributed by atoms with Crippen molar-refractivity contribution in [3.63, 3.8) is 0 Å². The standard InChI is InChI=1S/C19H19FINO4/c1-2-25-18(23)17(10-14-8-9-15(21)11-16(14)20)22-19(24)26-12-13-6-4-3-5-7-13/h3-9,11,17H,2,10,12H2,1H3,(H,22,24). The Kier molecular flexibility index (Phi) is 7.83. The summed E-state index contributed by atoms with van der Waals surface area (Å²) in [4.78, 5) is 24.1. The van der Waals surface area contributed by atoms with Gasteiger partial charge in [-0.05, 0) is 52.8 Å². The molecule has 1 atom stereocenters. The summed E-state index contributed by atoms with van der Waals surface area (Å²) in [5.41, 5.74) is 1.13. The zero-order chi connectivity index (χ0) is 18.9. The average molecular weight is 471 g/mol. The highest BCUT2D eigenvalue weighted by molar-refractivity contribution is 14.1. The molecule has 0 heterocycles. The third kappa shape index (κ3) is 6.29. The molecule has 0 aliphatic heterocycles. The van der Waals surface area contributed by atoms with Gasteiger partial charge in [0.1, 0.15) is 18.5 Å². The zero-order valence-electron chi connectivity index (χ0n) is 14.2. The first-order valence-corrected chi connectivity index (χ1v) is 9.15. The lowest BCUT2D eigenvalue weighted by Crippen LogP contribution is -2.43. The Balaban J connectivity index is 2.01. The third-order valence-electron chi connectivity index (χ3n) is 3.52. The van der Waals surface area contributed by atoms with Crippen LogP contribution < -0.4 is 5.32 Å². The van der Waals surface area contributed by atoms with E-state index in [4.69, 9.17) is 9.47 Å². The summed E-state index contributed by atoms with van der Waals surface area (Å²) in [6.45, 7) is 1.89. The number of carbonyl (C=O) groups is 2. The Morgan fingerprint density at radius 2 is 1.88 bits per heavy atom. The number of carbonyl (C=O) groups excluding carboxylic acids is 2. The second kappa shape index (κ2) is 10.1. The molecule has 0 aliphatic carbocycles. The quantitative estimate of drug-likeness (QED) is 0.493. The molecular formula is C19H19FINO4. The van der Waals surface area contributed by atoms with Gasteiger partial charge in [-0.1, -0.05) is 36.4 Å². The molecule has 0 saturated heterocycles. The predicted octanol–water partition coefficient (Wildman–Crippen LogP) is 3.83. The summed E-state index contributed by atoms with van der Waals surface area (Å²) in [5, 5.41) is 2.46. The van der Waals surface area contributed by atoms with E-state index in [9.17, 15) is 14.0 Å². The molecule has 2 aromatic carbocycles. The van der Waals surface area contributed by atoms with Crippen molar-refractivity contribution in [1.29, 1.82) is 0 Å². The van der Waals surface area contributed by atoms with Gasteiger partial charge in [-0.2, -0.15) is 0 Å². The summed E-state index contributed by atoms with van der Waals surface area (Å²) in [6, 6.07) is 12.8. The van der Waals surface area contributed by atoms with Crippen molar-refractivity contribution in [1.82, 2.24) is 5.32 Å². The van der Waals surface area contributed by atoms with Crippen molar-refractivity contribution in [3.05, 3.63) is 69.0 Å². The van der Waals surface area contributed by atoms with Crippen LogP contribution in [0.3, 0.4) is 0 Å². The maximum absolute atomic E-state index is 14.1. The molecule has 7 heteroatoms. The second-order valence-electron chi connectivity index (χ2n) is 5.45. The molecule has 0 aliphatic rings.